The van der Waals surface area contributed by atoms with Gasteiger partial charge in [0.2, 0.25) is 0 Å². The molecule has 0 atom stereocenters. The maximum atomic E-state index is 8.52. The van der Waals surface area contributed by atoms with E-state index < -0.39 is 9.17 Å². The molecule has 0 aromatic heterocycles. The van der Waals surface area contributed by atoms with Crippen LogP contribution in [0.25, 0.3) is 0 Å². The van der Waals surface area contributed by atoms with Gasteiger partial charge in [-0.2, -0.15) is 0 Å². The summed E-state index contributed by atoms with van der Waals surface area (Å²) in [5.74, 6) is 0. The zero-order valence-corrected chi connectivity index (χ0v) is 4.46. The van der Waals surface area contributed by atoms with Crippen LogP contribution in [-0.2, 0) is 4.46 Å². The summed E-state index contributed by atoms with van der Waals surface area (Å²) >= 11 is 0. The molecule has 0 aromatic carbocycles. The van der Waals surface area contributed by atoms with Crippen LogP contribution in [0.5, 0.6) is 0 Å². The van der Waals surface area contributed by atoms with Gasteiger partial charge in [0.1, 0.15) is 0 Å². The Bertz CT molecular complexity index is 29.9. The van der Waals surface area contributed by atoms with E-state index in [0.29, 0.717) is 0 Å². The van der Waals surface area contributed by atoms with Crippen LogP contribution in [0.15, 0.2) is 0 Å². The average molecular weight is 103 g/mol. The zero-order valence-electron chi connectivity index (χ0n) is 2.30. The van der Waals surface area contributed by atoms with Gasteiger partial charge in [0.25, 0.3) is 0 Å². The van der Waals surface area contributed by atoms with Gasteiger partial charge in [0.15, 0.2) is 0 Å². The summed E-state index contributed by atoms with van der Waals surface area (Å²) in [6, 6.07) is 0. The Hall–Kier alpha value is 0.149. The molecular weight excluding hydrogens is 103 g/mol. The predicted octanol–water partition coefficient (Wildman–Crippen LogP) is -3.26. The van der Waals surface area contributed by atoms with E-state index in [0.717, 1.165) is 0 Å². The third-order valence-corrected chi connectivity index (χ3v) is 0. The van der Waals surface area contributed by atoms with E-state index in [1.165, 1.54) is 0 Å². The van der Waals surface area contributed by atoms with Crippen molar-refractivity contribution in [1.29, 1.82) is 0 Å². The van der Waals surface area contributed by atoms with Crippen LogP contribution in [0.3, 0.4) is 0 Å². The van der Waals surface area contributed by atoms with Gasteiger partial charge >= 0.3 is 17.4 Å². The molecule has 0 aliphatic heterocycles. The topological polar surface area (TPSA) is 63.2 Å². The summed E-state index contributed by atoms with van der Waals surface area (Å²) in [6.45, 7) is 0. The first-order chi connectivity index (χ1) is 1.73. The minimum atomic E-state index is -3.63. The van der Waals surface area contributed by atoms with Crippen LogP contribution in [0.2, 0.25) is 0 Å². The molecule has 0 aromatic rings. The van der Waals surface area contributed by atoms with Crippen molar-refractivity contribution in [2.45, 2.75) is 0 Å². The van der Waals surface area contributed by atoms with E-state index in [4.69, 9.17) is 14.1 Å². The van der Waals surface area contributed by atoms with Crippen LogP contribution in [0.4, 0.5) is 0 Å². The van der Waals surface area contributed by atoms with Gasteiger partial charge in [-0.25, -0.2) is 0 Å². The van der Waals surface area contributed by atoms with Crippen molar-refractivity contribution < 1.29 is 14.1 Å². The van der Waals surface area contributed by atoms with Crippen molar-refractivity contribution in [2.24, 2.45) is 0 Å². The molecule has 0 N–H and O–H groups in total. The fourth-order valence-corrected chi connectivity index (χ4v) is 0. The van der Waals surface area contributed by atoms with Crippen LogP contribution in [0.1, 0.15) is 0 Å². The first-order valence-corrected chi connectivity index (χ1v) is 1.84. The standard InChI is InChI=1S/Al.O3Si/c;1-4(2)3/q+3;-2. The third kappa shape index (κ3) is 859. The summed E-state index contributed by atoms with van der Waals surface area (Å²) in [4.78, 5) is 17.0. The van der Waals surface area contributed by atoms with E-state index in [9.17, 15) is 0 Å². The maximum absolute atomic E-state index is 8.52. The summed E-state index contributed by atoms with van der Waals surface area (Å²) in [5.41, 5.74) is 0. The van der Waals surface area contributed by atoms with Crippen molar-refractivity contribution in [3.63, 3.8) is 0 Å². The molecular formula is AlO3Si+. The second-order valence-corrected chi connectivity index (χ2v) is 0.750. The Balaban J connectivity index is 0. The minimum absolute atomic E-state index is 0. The molecule has 0 bridgehead atoms. The Morgan fingerprint density at radius 1 is 1.40 bits per heavy atom. The Morgan fingerprint density at radius 2 is 1.40 bits per heavy atom. The predicted molar refractivity (Wildman–Crippen MR) is 12.2 cm³/mol. The molecule has 0 heterocycles. The number of rotatable bonds is 0. The van der Waals surface area contributed by atoms with Gasteiger partial charge in [-0.15, -0.1) is 0 Å². The Labute approximate surface area is 41.3 Å². The molecule has 5 heteroatoms. The first kappa shape index (κ1) is 8.94. The summed E-state index contributed by atoms with van der Waals surface area (Å²) in [5, 5.41) is 0. The molecule has 0 aliphatic rings. The quantitative estimate of drug-likeness (QED) is 0.302. The summed E-state index contributed by atoms with van der Waals surface area (Å²) in [6.07, 6.45) is 0. The molecule has 0 radical (unpaired) electrons. The smallest absolute Gasteiger partial charge is 0.672 e. The van der Waals surface area contributed by atoms with Gasteiger partial charge in [0, 0.05) is 9.17 Å². The second kappa shape index (κ2) is 4.15. The van der Waals surface area contributed by atoms with Crippen molar-refractivity contribution in [3.8, 4) is 0 Å². The molecule has 0 saturated carbocycles. The van der Waals surface area contributed by atoms with Crippen molar-refractivity contribution in [1.82, 2.24) is 0 Å². The van der Waals surface area contributed by atoms with Crippen LogP contribution < -0.4 is 9.59 Å². The van der Waals surface area contributed by atoms with Gasteiger partial charge < -0.3 is 14.1 Å². The second-order valence-electron chi connectivity index (χ2n) is 0.250. The Kier molecular flexibility index (Phi) is 7.42. The molecule has 0 spiro atoms. The Morgan fingerprint density at radius 3 is 1.40 bits per heavy atom. The maximum Gasteiger partial charge on any atom is 3.00 e. The molecule has 5 heavy (non-hydrogen) atoms. The number of hydrogen-bond acceptors (Lipinski definition) is 3. The molecule has 0 fully saturated rings. The van der Waals surface area contributed by atoms with E-state index in [1.54, 1.807) is 0 Å². The van der Waals surface area contributed by atoms with Crippen LogP contribution in [-0.4, -0.2) is 26.5 Å². The molecule has 0 unspecified atom stereocenters. The fourth-order valence-electron chi connectivity index (χ4n) is 0. The van der Waals surface area contributed by atoms with Crippen LogP contribution in [0, 0.1) is 0 Å². The fraction of sp³-hybridized carbons (Fsp3) is 0. The average Bonchev–Trinajstić information content (AvgIpc) is 0.811. The molecule has 0 rings (SSSR count). The van der Waals surface area contributed by atoms with E-state index in [2.05, 4.69) is 0 Å². The largest absolute Gasteiger partial charge is 3.00 e. The summed E-state index contributed by atoms with van der Waals surface area (Å²) < 4.78 is 8.52. The number of hydrogen-bond donors (Lipinski definition) is 0. The third-order valence-electron chi connectivity index (χ3n) is 0. The molecule has 24 valence electrons. The molecule has 0 amide bonds. The summed E-state index contributed by atoms with van der Waals surface area (Å²) in [7, 11) is -3.63. The normalized spacial score (nSPS) is 4.80. The van der Waals surface area contributed by atoms with Crippen molar-refractivity contribution >= 4 is 26.5 Å². The first-order valence-electron chi connectivity index (χ1n) is 0.612. The SMILES string of the molecule is O=[Si]([O-])[O-].[Al+3]. The zero-order chi connectivity index (χ0) is 3.58. The van der Waals surface area contributed by atoms with E-state index >= 15 is 0 Å². The van der Waals surface area contributed by atoms with Gasteiger partial charge in [-0.05, 0) is 0 Å². The molecule has 3 nitrogen and oxygen atoms in total. The van der Waals surface area contributed by atoms with Gasteiger partial charge in [-0.3, -0.25) is 0 Å². The molecule has 0 aliphatic carbocycles. The minimum Gasteiger partial charge on any atom is -0.672 e. The van der Waals surface area contributed by atoms with Crippen molar-refractivity contribution in [2.75, 3.05) is 0 Å². The van der Waals surface area contributed by atoms with Gasteiger partial charge in [-0.1, -0.05) is 0 Å². The van der Waals surface area contributed by atoms with Crippen LogP contribution >= 0.6 is 0 Å². The monoisotopic (exact) mass is 103 g/mol. The van der Waals surface area contributed by atoms with E-state index in [-0.39, 0.29) is 17.4 Å². The molecule has 0 saturated heterocycles. The van der Waals surface area contributed by atoms with E-state index in [1.807, 2.05) is 0 Å². The van der Waals surface area contributed by atoms with Gasteiger partial charge in [0.05, 0.1) is 0 Å². The van der Waals surface area contributed by atoms with Crippen molar-refractivity contribution in [3.05, 3.63) is 0 Å².